The van der Waals surface area contributed by atoms with Gasteiger partial charge in [0.25, 0.3) is 11.1 Å². The van der Waals surface area contributed by atoms with Crippen molar-refractivity contribution in [2.24, 2.45) is 17.6 Å². The molecule has 0 aliphatic heterocycles. The second-order valence-corrected chi connectivity index (χ2v) is 26.2. The number of carbonyl (C=O) groups excluding carboxylic acids is 3. The lowest BCUT2D eigenvalue weighted by Gasteiger charge is -2.27. The van der Waals surface area contributed by atoms with Crippen LogP contribution in [0.3, 0.4) is 0 Å². The number of pyridine rings is 2. The van der Waals surface area contributed by atoms with E-state index in [1.54, 1.807) is 104 Å². The number of rotatable bonds is 26. The van der Waals surface area contributed by atoms with Gasteiger partial charge in [-0.05, 0) is 164 Å². The first kappa shape index (κ1) is 93.4. The van der Waals surface area contributed by atoms with E-state index in [0.717, 1.165) is 21.5 Å². The number of hydrogen-bond donors (Lipinski definition) is 2. The highest BCUT2D eigenvalue weighted by Gasteiger charge is 2.43. The van der Waals surface area contributed by atoms with Crippen molar-refractivity contribution in [1.29, 1.82) is 0 Å². The number of halogens is 16. The molecule has 14 nitrogen and oxygen atoms in total. The highest BCUT2D eigenvalue weighted by molar-refractivity contribution is 7.59. The fourth-order valence-electron chi connectivity index (χ4n) is 11.7. The topological polar surface area (TPSA) is 183 Å². The van der Waals surface area contributed by atoms with Gasteiger partial charge in [0.2, 0.25) is 0 Å². The summed E-state index contributed by atoms with van der Waals surface area (Å²) in [7, 11) is 6.72. The lowest BCUT2D eigenvalue weighted by Crippen LogP contribution is -2.33. The number of carboxylic acids is 1. The Morgan fingerprint density at radius 3 is 1.17 bits per heavy atom. The molecule has 6 aromatic rings. The van der Waals surface area contributed by atoms with Crippen LogP contribution in [0.15, 0.2) is 82.6 Å². The summed E-state index contributed by atoms with van der Waals surface area (Å²) in [5, 5.41) is 9.35. The molecule has 0 aliphatic rings. The molecule has 2 aromatic heterocycles. The fourth-order valence-corrected chi connectivity index (χ4v) is 11.7. The first-order valence-corrected chi connectivity index (χ1v) is 32.6. The van der Waals surface area contributed by atoms with Crippen LogP contribution in [-0.4, -0.2) is 102 Å². The summed E-state index contributed by atoms with van der Waals surface area (Å²) in [6, 6.07) is 6.93. The predicted molar refractivity (Wildman–Crippen MR) is 376 cm³/mol. The minimum Gasteiger partial charge on any atom is -0.480 e. The van der Waals surface area contributed by atoms with E-state index in [4.69, 9.17) is 10.5 Å². The van der Waals surface area contributed by atoms with Gasteiger partial charge in [-0.15, -0.1) is 0 Å². The van der Waals surface area contributed by atoms with E-state index in [2.05, 4.69) is 4.74 Å². The Bertz CT molecular complexity index is 4070. The fraction of sp³-hybridized carbons (Fsp3) is 0.479. The number of nitrogens with two attached hydrogens (primary N) is 1. The van der Waals surface area contributed by atoms with Gasteiger partial charge >= 0.3 is 42.6 Å². The molecule has 32 heteroatoms. The summed E-state index contributed by atoms with van der Waals surface area (Å²) in [6.07, 6.45) is -20.5. The number of alkyl halides is 12. The molecule has 0 fully saturated rings. The second kappa shape index (κ2) is 39.3. The summed E-state index contributed by atoms with van der Waals surface area (Å²) < 4.78 is 238. The molecule has 584 valence electrons. The van der Waals surface area contributed by atoms with Gasteiger partial charge in [0.15, 0.2) is 5.78 Å². The largest absolute Gasteiger partial charge is 0.480 e. The van der Waals surface area contributed by atoms with Crippen LogP contribution in [-0.2, 0) is 66.2 Å². The number of benzene rings is 4. The Labute approximate surface area is 612 Å². The van der Waals surface area contributed by atoms with Gasteiger partial charge in [-0.25, -0.2) is 22.4 Å². The van der Waals surface area contributed by atoms with Gasteiger partial charge in [-0.2, -0.15) is 79.7 Å². The number of aryl methyl sites for hydroxylation is 4. The molecule has 105 heavy (non-hydrogen) atoms. The Hall–Kier alpha value is -7.68. The van der Waals surface area contributed by atoms with Crippen molar-refractivity contribution in [3.63, 3.8) is 0 Å². The highest BCUT2D eigenvalue weighted by Crippen LogP contribution is 2.46. The minimum atomic E-state index is -5.31. The smallest absolute Gasteiger partial charge is 0.419 e. The SMILES string of the molecule is CC(C)CC(C(=O)O)n1cc(CCN(C)C)c(C(F)(F)F)cc1=O.CCOC(=O)C[C@H](CC(=O)C(CC(C)C)n1cc(CCN(C)C)c(C(F)(F)F)cc1=O)c1c(F)c(-c2c(C)cccc2C)cc(C(F)(F)F)c1F.CCOC(=O)C[C@H](N)c1c(F)c(-c2c(C)cccc2C)cc(C(F)(F)F)c1F.S.S. The number of likely N-dealkylation sites (N-methyl/N-ethyl adjacent to an activating group) is 2. The zero-order valence-corrected chi connectivity index (χ0v) is 62.3. The number of nitrogens with zero attached hydrogens (tertiary/aromatic N) is 4. The normalized spacial score (nSPS) is 13.1. The van der Waals surface area contributed by atoms with Crippen LogP contribution < -0.4 is 16.9 Å². The zero-order chi connectivity index (χ0) is 78.5. The van der Waals surface area contributed by atoms with Crippen LogP contribution in [0.4, 0.5) is 70.2 Å². The van der Waals surface area contributed by atoms with Crippen LogP contribution in [0, 0.1) is 62.8 Å². The Kier molecular flexibility index (Phi) is 34.9. The summed E-state index contributed by atoms with van der Waals surface area (Å²) in [5.74, 6) is -12.8. The van der Waals surface area contributed by atoms with Crippen molar-refractivity contribution < 1.29 is 104 Å². The number of ketones is 1. The van der Waals surface area contributed by atoms with Gasteiger partial charge in [0.1, 0.15) is 29.3 Å². The van der Waals surface area contributed by atoms with E-state index in [9.17, 15) is 90.9 Å². The number of aliphatic carboxylic acids is 1. The second-order valence-electron chi connectivity index (χ2n) is 26.2. The van der Waals surface area contributed by atoms with Crippen molar-refractivity contribution in [1.82, 2.24) is 18.9 Å². The zero-order valence-electron chi connectivity index (χ0n) is 60.3. The summed E-state index contributed by atoms with van der Waals surface area (Å²) >= 11 is 0. The Morgan fingerprint density at radius 1 is 0.505 bits per heavy atom. The Morgan fingerprint density at radius 2 is 0.838 bits per heavy atom. The molecule has 0 saturated heterocycles. The average molecular weight is 1550 g/mol. The number of carbonyl (C=O) groups is 4. The summed E-state index contributed by atoms with van der Waals surface area (Å²) in [4.78, 5) is 78.7. The molecule has 0 amide bonds. The molecule has 0 bridgehead atoms. The molecule has 6 rings (SSSR count). The third kappa shape index (κ3) is 25.2. The van der Waals surface area contributed by atoms with Crippen molar-refractivity contribution in [3.8, 4) is 22.3 Å². The number of hydrogen-bond acceptors (Lipinski definition) is 11. The number of Topliss-reactive ketones (excluding diaryl/α,β-unsaturated/α-hetero) is 1. The molecule has 4 atom stereocenters. The van der Waals surface area contributed by atoms with Crippen molar-refractivity contribution in [3.05, 3.63) is 184 Å². The Balaban J connectivity index is 0.000000585. The van der Waals surface area contributed by atoms with Gasteiger partial charge < -0.3 is 39.2 Å². The van der Waals surface area contributed by atoms with Crippen LogP contribution in [0.2, 0.25) is 0 Å². The number of aromatic nitrogens is 2. The lowest BCUT2D eigenvalue weighted by molar-refractivity contribution is -0.144. The highest BCUT2D eigenvalue weighted by atomic mass is 32.1. The number of carboxylic acid groups (broad SMARTS) is 1. The average Bonchev–Trinajstić information content (AvgIpc) is 0.763. The first-order valence-electron chi connectivity index (χ1n) is 32.6. The molecule has 2 heterocycles. The maximum atomic E-state index is 16.6. The summed E-state index contributed by atoms with van der Waals surface area (Å²) in [6.45, 7) is 16.5. The van der Waals surface area contributed by atoms with Crippen molar-refractivity contribution >= 4 is 50.7 Å². The van der Waals surface area contributed by atoms with Gasteiger partial charge in [0.05, 0.1) is 54.4 Å². The minimum absolute atomic E-state index is 0. The van der Waals surface area contributed by atoms with E-state index in [-0.39, 0.29) is 107 Å². The van der Waals surface area contributed by atoms with Gasteiger partial charge in [-0.3, -0.25) is 24.0 Å². The monoisotopic (exact) mass is 1550 g/mol. The van der Waals surface area contributed by atoms with Gasteiger partial charge in [0, 0.05) is 78.3 Å². The summed E-state index contributed by atoms with van der Waals surface area (Å²) in [5.41, 5.74) is -3.53. The molecular weight excluding hydrogens is 1460 g/mol. The third-order valence-corrected chi connectivity index (χ3v) is 16.5. The maximum Gasteiger partial charge on any atom is 0.419 e. The number of esters is 2. The maximum absolute atomic E-state index is 16.6. The van der Waals surface area contributed by atoms with Crippen LogP contribution >= 0.6 is 27.0 Å². The number of ether oxygens (including phenoxy) is 2. The molecule has 0 aliphatic carbocycles. The van der Waals surface area contributed by atoms with E-state index < -0.39 is 171 Å². The first-order chi connectivity index (χ1) is 47.5. The molecular formula is C73H89F16N5O9S2. The van der Waals surface area contributed by atoms with Crippen molar-refractivity contribution in [2.75, 3.05) is 54.5 Å². The third-order valence-electron chi connectivity index (χ3n) is 16.5. The van der Waals surface area contributed by atoms with Crippen molar-refractivity contribution in [2.45, 2.75) is 163 Å². The molecule has 4 aromatic carbocycles. The van der Waals surface area contributed by atoms with E-state index in [1.807, 2.05) is 0 Å². The van der Waals surface area contributed by atoms with E-state index >= 15 is 13.2 Å². The van der Waals surface area contributed by atoms with E-state index in [0.29, 0.717) is 53.1 Å². The predicted octanol–water partition coefficient (Wildman–Crippen LogP) is 16.9. The van der Waals surface area contributed by atoms with E-state index in [1.165, 1.54) is 39.8 Å². The molecule has 2 unspecified atom stereocenters. The molecule has 0 radical (unpaired) electrons. The standard InChI is InChI=1S/C37H42F8N2O4.C20H20F5NO2.C16H23F3N2O3.2H2S/c1-8-51-31(50)16-24(33-34(38)25(17-27(35(33)39)37(43,44)45)32-21(4)10-9-11-22(32)5)15-29(48)28(14-20(2)3)47-19-23(12-13-46(6)7)26(18-30(47)49)36(40,41)42;1-4-28-15(27)9-14(26)17-18(21)12(8-13(19(17)22)20(23,24)25)16-10(2)6-5-7-11(16)3;1-10(2)7-13(15(23)24)21-9-11(5-6-20(3)4)12(8-14(21)22)16(17,18)19;;/h9-11,17-20,24,28H,8,12-16H2,1-7H3;5-8,14H,4,9,26H2,1-3H3;8-10,13H,5-7H2,1-4H3,(H,23,24);2*1H2/t24-,28?;14-;;;/m00.../s1. The quantitative estimate of drug-likeness (QED) is 0.0388. The van der Waals surface area contributed by atoms with Gasteiger partial charge in [-0.1, -0.05) is 64.1 Å². The van der Waals surface area contributed by atoms with Crippen LogP contribution in [0.1, 0.15) is 164 Å². The van der Waals surface area contributed by atoms with Crippen LogP contribution in [0.25, 0.3) is 22.3 Å². The molecule has 0 spiro atoms. The van der Waals surface area contributed by atoms with Crippen LogP contribution in [0.5, 0.6) is 0 Å². The molecule has 3 N–H and O–H groups in total. The molecule has 0 saturated carbocycles. The lowest BCUT2D eigenvalue weighted by atomic mass is 9.83.